The van der Waals surface area contributed by atoms with Crippen LogP contribution in [-0.4, -0.2) is 23.9 Å². The fraction of sp³-hybridized carbons (Fsp3) is 0.458. The third-order valence-corrected chi connectivity index (χ3v) is 5.78. The van der Waals surface area contributed by atoms with Crippen molar-refractivity contribution < 1.29 is 4.79 Å². The van der Waals surface area contributed by atoms with E-state index in [2.05, 4.69) is 79.5 Å². The van der Waals surface area contributed by atoms with Gasteiger partial charge in [0.15, 0.2) is 0 Å². The summed E-state index contributed by atoms with van der Waals surface area (Å²) in [5.41, 5.74) is 10.6. The van der Waals surface area contributed by atoms with E-state index in [1.807, 2.05) is 0 Å². The number of carbonyl (C=O) groups is 1. The monoisotopic (exact) mass is 379 g/mol. The highest BCUT2D eigenvalue weighted by atomic mass is 16.1. The van der Waals surface area contributed by atoms with Gasteiger partial charge >= 0.3 is 0 Å². The third-order valence-electron chi connectivity index (χ3n) is 5.78. The van der Waals surface area contributed by atoms with Crippen molar-refractivity contribution in [3.05, 3.63) is 65.2 Å². The van der Waals surface area contributed by atoms with Crippen LogP contribution < -0.4 is 11.1 Å². The first kappa shape index (κ1) is 20.4. The number of primary amides is 1. The van der Waals surface area contributed by atoms with E-state index in [1.54, 1.807) is 0 Å². The number of anilines is 1. The van der Waals surface area contributed by atoms with Crippen molar-refractivity contribution in [1.29, 1.82) is 0 Å². The summed E-state index contributed by atoms with van der Waals surface area (Å²) in [6, 6.07) is 17.7. The number of rotatable bonds is 7. The summed E-state index contributed by atoms with van der Waals surface area (Å²) in [5, 5.41) is 3.64. The van der Waals surface area contributed by atoms with Crippen molar-refractivity contribution in [2.45, 2.75) is 52.1 Å². The molecule has 1 fully saturated rings. The molecule has 1 aliphatic rings. The third kappa shape index (κ3) is 5.35. The molecule has 1 saturated heterocycles. The lowest BCUT2D eigenvalue weighted by atomic mass is 9.96. The Kier molecular flexibility index (Phi) is 6.74. The summed E-state index contributed by atoms with van der Waals surface area (Å²) in [4.78, 5) is 13.7. The van der Waals surface area contributed by atoms with Crippen LogP contribution in [0, 0.1) is 5.92 Å². The van der Waals surface area contributed by atoms with E-state index >= 15 is 0 Å². The van der Waals surface area contributed by atoms with Crippen molar-refractivity contribution in [2.75, 3.05) is 18.4 Å². The van der Waals surface area contributed by atoms with Gasteiger partial charge in [0.1, 0.15) is 0 Å². The van der Waals surface area contributed by atoms with E-state index < -0.39 is 0 Å². The molecule has 0 aromatic heterocycles. The zero-order valence-corrected chi connectivity index (χ0v) is 17.3. The Balaban J connectivity index is 1.60. The van der Waals surface area contributed by atoms with Crippen molar-refractivity contribution in [3.8, 4) is 0 Å². The Bertz CT molecular complexity index is 794. The number of carbonyl (C=O) groups excluding carboxylic acids is 1. The normalized spacial score (nSPS) is 16.9. The van der Waals surface area contributed by atoms with Crippen LogP contribution in [0.15, 0.2) is 48.5 Å². The molecule has 1 amide bonds. The van der Waals surface area contributed by atoms with Gasteiger partial charge in [-0.1, -0.05) is 50.2 Å². The Morgan fingerprint density at radius 3 is 2.43 bits per heavy atom. The number of nitrogens with zero attached hydrogens (tertiary/aromatic N) is 1. The number of hydrogen-bond acceptors (Lipinski definition) is 3. The number of likely N-dealkylation sites (tertiary alicyclic amines) is 1. The number of benzene rings is 2. The number of piperidine rings is 1. The minimum Gasteiger partial charge on any atom is -0.379 e. The predicted octanol–water partition coefficient (Wildman–Crippen LogP) is 4.68. The maximum Gasteiger partial charge on any atom is 0.220 e. The molecule has 4 nitrogen and oxygen atoms in total. The lowest BCUT2D eigenvalue weighted by Gasteiger charge is -2.30. The number of hydrogen-bond donors (Lipinski definition) is 2. The van der Waals surface area contributed by atoms with Gasteiger partial charge in [-0.3, -0.25) is 9.69 Å². The van der Waals surface area contributed by atoms with Crippen LogP contribution in [0.25, 0.3) is 0 Å². The van der Waals surface area contributed by atoms with Gasteiger partial charge in [-0.15, -0.1) is 0 Å². The molecule has 1 unspecified atom stereocenters. The summed E-state index contributed by atoms with van der Waals surface area (Å²) < 4.78 is 0. The maximum atomic E-state index is 11.3. The molecule has 150 valence electrons. The molecule has 2 aromatic carbocycles. The Morgan fingerprint density at radius 2 is 1.75 bits per heavy atom. The second kappa shape index (κ2) is 9.24. The van der Waals surface area contributed by atoms with Crippen molar-refractivity contribution in [3.63, 3.8) is 0 Å². The summed E-state index contributed by atoms with van der Waals surface area (Å²) in [5.74, 6) is 0.433. The molecule has 28 heavy (non-hydrogen) atoms. The molecule has 1 aliphatic heterocycles. The second-order valence-corrected chi connectivity index (χ2v) is 8.34. The van der Waals surface area contributed by atoms with Crippen LogP contribution in [0.5, 0.6) is 0 Å². The average Bonchev–Trinajstić information content (AvgIpc) is 2.68. The summed E-state index contributed by atoms with van der Waals surface area (Å²) in [6.45, 7) is 9.45. The van der Waals surface area contributed by atoms with Crippen LogP contribution in [0.3, 0.4) is 0 Å². The first-order valence-electron chi connectivity index (χ1n) is 10.4. The fourth-order valence-corrected chi connectivity index (χ4v) is 3.91. The van der Waals surface area contributed by atoms with Gasteiger partial charge in [-0.25, -0.2) is 0 Å². The molecule has 0 bridgehead atoms. The average molecular weight is 380 g/mol. The number of nitrogens with two attached hydrogens (primary N) is 1. The molecule has 4 heteroatoms. The van der Waals surface area contributed by atoms with Crippen molar-refractivity contribution >= 4 is 11.6 Å². The highest BCUT2D eigenvalue weighted by Crippen LogP contribution is 2.24. The first-order valence-corrected chi connectivity index (χ1v) is 10.4. The topological polar surface area (TPSA) is 58.4 Å². The van der Waals surface area contributed by atoms with Gasteiger partial charge in [0.25, 0.3) is 0 Å². The Hall–Kier alpha value is -2.33. The van der Waals surface area contributed by atoms with Crippen LogP contribution in [-0.2, 0) is 11.3 Å². The van der Waals surface area contributed by atoms with Gasteiger partial charge in [0, 0.05) is 24.2 Å². The van der Waals surface area contributed by atoms with Gasteiger partial charge in [-0.2, -0.15) is 0 Å². The number of amides is 1. The van der Waals surface area contributed by atoms with E-state index in [0.717, 1.165) is 38.2 Å². The number of nitrogens with one attached hydrogen (secondary N) is 1. The molecule has 0 spiro atoms. The summed E-state index contributed by atoms with van der Waals surface area (Å²) >= 11 is 0. The zero-order chi connectivity index (χ0) is 20.1. The second-order valence-electron chi connectivity index (χ2n) is 8.34. The first-order chi connectivity index (χ1) is 13.4. The minimum absolute atomic E-state index is 0.0479. The fourth-order valence-electron chi connectivity index (χ4n) is 3.91. The smallest absolute Gasteiger partial charge is 0.220 e. The van der Waals surface area contributed by atoms with Crippen molar-refractivity contribution in [1.82, 2.24) is 4.90 Å². The van der Waals surface area contributed by atoms with Gasteiger partial charge in [0.2, 0.25) is 5.91 Å². The largest absolute Gasteiger partial charge is 0.379 e. The molecule has 0 saturated carbocycles. The van der Waals surface area contributed by atoms with Crippen LogP contribution in [0.1, 0.15) is 62.3 Å². The zero-order valence-electron chi connectivity index (χ0n) is 17.3. The molecular weight excluding hydrogens is 346 g/mol. The SMILES string of the molecule is CC(C)c1cccc(C(C)Nc2cccc(CN3CCC(C(N)=O)CC3)c2)c1. The maximum absolute atomic E-state index is 11.3. The van der Waals surface area contributed by atoms with E-state index in [-0.39, 0.29) is 17.9 Å². The Labute approximate surface area is 169 Å². The van der Waals surface area contributed by atoms with Gasteiger partial charge in [0.05, 0.1) is 0 Å². The van der Waals surface area contributed by atoms with E-state index in [4.69, 9.17) is 5.73 Å². The molecule has 0 radical (unpaired) electrons. The van der Waals surface area contributed by atoms with E-state index in [0.29, 0.717) is 5.92 Å². The van der Waals surface area contributed by atoms with Gasteiger partial charge in [-0.05, 0) is 67.6 Å². The Morgan fingerprint density at radius 1 is 1.07 bits per heavy atom. The molecule has 1 atom stereocenters. The molecule has 0 aliphatic carbocycles. The van der Waals surface area contributed by atoms with Crippen LogP contribution in [0.4, 0.5) is 5.69 Å². The molecule has 2 aromatic rings. The highest BCUT2D eigenvalue weighted by Gasteiger charge is 2.23. The van der Waals surface area contributed by atoms with Crippen molar-refractivity contribution in [2.24, 2.45) is 11.7 Å². The lowest BCUT2D eigenvalue weighted by molar-refractivity contribution is -0.123. The van der Waals surface area contributed by atoms with Crippen LogP contribution in [0.2, 0.25) is 0 Å². The van der Waals surface area contributed by atoms with E-state index in [9.17, 15) is 4.79 Å². The summed E-state index contributed by atoms with van der Waals surface area (Å²) in [7, 11) is 0. The predicted molar refractivity (Wildman–Crippen MR) is 116 cm³/mol. The highest BCUT2D eigenvalue weighted by molar-refractivity contribution is 5.76. The molecule has 3 N–H and O–H groups in total. The molecule has 1 heterocycles. The van der Waals surface area contributed by atoms with Gasteiger partial charge < -0.3 is 11.1 Å². The molecule has 3 rings (SSSR count). The molecular formula is C24H33N3O. The standard InChI is InChI=1S/C24H33N3O/c1-17(2)21-7-5-8-22(15-21)18(3)26-23-9-4-6-19(14-23)16-27-12-10-20(11-13-27)24(25)28/h4-9,14-15,17-18,20,26H,10-13,16H2,1-3H3,(H2,25,28). The lowest BCUT2D eigenvalue weighted by Crippen LogP contribution is -2.38. The van der Waals surface area contributed by atoms with Crippen LogP contribution >= 0.6 is 0 Å². The minimum atomic E-state index is -0.152. The summed E-state index contributed by atoms with van der Waals surface area (Å²) in [6.07, 6.45) is 1.74. The van der Waals surface area contributed by atoms with E-state index in [1.165, 1.54) is 16.7 Å². The quantitative estimate of drug-likeness (QED) is 0.734.